The van der Waals surface area contributed by atoms with E-state index < -0.39 is 12.1 Å². The molecule has 2 aromatic rings. The summed E-state index contributed by atoms with van der Waals surface area (Å²) >= 11 is 1.69. The van der Waals surface area contributed by atoms with E-state index in [1.165, 1.54) is 4.68 Å². The highest BCUT2D eigenvalue weighted by Gasteiger charge is 2.21. The lowest BCUT2D eigenvalue weighted by Gasteiger charge is -2.14. The van der Waals surface area contributed by atoms with Crippen LogP contribution in [0.2, 0.25) is 0 Å². The van der Waals surface area contributed by atoms with Crippen molar-refractivity contribution in [1.82, 2.24) is 14.8 Å². The molecule has 0 bridgehead atoms. The molecule has 9 heteroatoms. The van der Waals surface area contributed by atoms with Crippen LogP contribution >= 0.6 is 11.8 Å². The van der Waals surface area contributed by atoms with Crippen molar-refractivity contribution in [3.05, 3.63) is 29.8 Å². The van der Waals surface area contributed by atoms with E-state index in [4.69, 9.17) is 19.3 Å². The molecule has 0 unspecified atom stereocenters. The van der Waals surface area contributed by atoms with Gasteiger partial charge in [0.1, 0.15) is 12.3 Å². The van der Waals surface area contributed by atoms with Gasteiger partial charge < -0.3 is 19.3 Å². The fourth-order valence-electron chi connectivity index (χ4n) is 2.45. The Bertz CT molecular complexity index is 764. The molecular weight excluding hydrogens is 346 g/mol. The van der Waals surface area contributed by atoms with Crippen molar-refractivity contribution in [3.63, 3.8) is 0 Å². The Hall–Kier alpha value is -2.42. The highest BCUT2D eigenvalue weighted by molar-refractivity contribution is 7.98. The summed E-state index contributed by atoms with van der Waals surface area (Å²) in [6, 6.07) is 5.29. The van der Waals surface area contributed by atoms with Crippen molar-refractivity contribution in [3.8, 4) is 17.2 Å². The molecule has 1 aromatic heterocycles. The molecule has 3 rings (SSSR count). The lowest BCUT2D eigenvalue weighted by molar-refractivity contribution is -0.138. The molecule has 1 aliphatic heterocycles. The normalized spacial score (nSPS) is 13.7. The second-order valence-corrected chi connectivity index (χ2v) is 6.44. The molecule has 0 saturated carbocycles. The molecule has 134 valence electrons. The monoisotopic (exact) mass is 365 g/mol. The number of aryl methyl sites for hydroxylation is 1. The lowest BCUT2D eigenvalue weighted by atomic mass is 10.3. The first-order valence-electron chi connectivity index (χ1n) is 7.77. The van der Waals surface area contributed by atoms with Gasteiger partial charge in [0, 0.05) is 18.2 Å². The minimum atomic E-state index is -0.974. The van der Waals surface area contributed by atoms with Crippen molar-refractivity contribution in [1.29, 1.82) is 0 Å². The van der Waals surface area contributed by atoms with E-state index in [2.05, 4.69) is 10.1 Å². The maximum Gasteiger partial charge on any atom is 0.325 e. The Morgan fingerprint density at radius 2 is 2.24 bits per heavy atom. The zero-order valence-corrected chi connectivity index (χ0v) is 14.8. The van der Waals surface area contributed by atoms with Gasteiger partial charge in [-0.25, -0.2) is 9.67 Å². The number of aliphatic carboxylic acids is 1. The first kappa shape index (κ1) is 17.4. The number of thioether (sulfide) groups is 1. The van der Waals surface area contributed by atoms with E-state index in [1.807, 2.05) is 13.2 Å². The van der Waals surface area contributed by atoms with E-state index in [9.17, 15) is 4.79 Å². The van der Waals surface area contributed by atoms with Gasteiger partial charge in [-0.15, -0.1) is 0 Å². The number of benzene rings is 1. The maximum absolute atomic E-state index is 11.1. The number of hydrogen-bond acceptors (Lipinski definition) is 7. The number of fused-ring (bicyclic) bond motifs is 1. The molecule has 1 N–H and O–H groups in total. The number of aromatic nitrogens is 3. The third kappa shape index (κ3) is 4.16. The van der Waals surface area contributed by atoms with Crippen LogP contribution in [0.25, 0.3) is 0 Å². The molecule has 25 heavy (non-hydrogen) atoms. The summed E-state index contributed by atoms with van der Waals surface area (Å²) in [5, 5.41) is 13.4. The number of carbonyl (C=O) groups is 1. The van der Waals surface area contributed by atoms with Crippen molar-refractivity contribution in [2.45, 2.75) is 26.0 Å². The van der Waals surface area contributed by atoms with Crippen LogP contribution in [0.5, 0.6) is 17.2 Å². The van der Waals surface area contributed by atoms with Gasteiger partial charge >= 0.3 is 5.97 Å². The van der Waals surface area contributed by atoms with Gasteiger partial charge in [0.15, 0.2) is 29.3 Å². The predicted octanol–water partition coefficient (Wildman–Crippen LogP) is 2.14. The number of nitrogens with zero attached hydrogens (tertiary/aromatic N) is 3. The molecule has 0 radical (unpaired) electrons. The van der Waals surface area contributed by atoms with Gasteiger partial charge in [0.25, 0.3) is 0 Å². The van der Waals surface area contributed by atoms with Crippen LogP contribution < -0.4 is 14.2 Å². The van der Waals surface area contributed by atoms with Crippen LogP contribution in [0.4, 0.5) is 0 Å². The number of rotatable bonds is 8. The second-order valence-electron chi connectivity index (χ2n) is 5.46. The van der Waals surface area contributed by atoms with Crippen LogP contribution in [-0.2, 0) is 17.8 Å². The number of carboxylic acid groups (broad SMARTS) is 1. The van der Waals surface area contributed by atoms with E-state index in [0.717, 1.165) is 5.75 Å². The molecular formula is C16H19N3O5S. The summed E-state index contributed by atoms with van der Waals surface area (Å²) < 4.78 is 17.9. The quantitative estimate of drug-likeness (QED) is 0.760. The first-order chi connectivity index (χ1) is 12.1. The molecule has 0 aliphatic carbocycles. The molecule has 1 atom stereocenters. The average Bonchev–Trinajstić information content (AvgIpc) is 3.18. The van der Waals surface area contributed by atoms with Gasteiger partial charge in [0.2, 0.25) is 6.79 Å². The van der Waals surface area contributed by atoms with Gasteiger partial charge in [0.05, 0.1) is 0 Å². The molecule has 1 aliphatic rings. The van der Waals surface area contributed by atoms with Crippen LogP contribution in [0.15, 0.2) is 18.2 Å². The van der Waals surface area contributed by atoms with Crippen molar-refractivity contribution in [2.24, 2.45) is 0 Å². The Balaban J connectivity index is 1.78. The SMILES string of the molecule is CSCCc1nc([C@H](C)Oc2ccc3c(c2)OCO3)n(CC(=O)O)n1. The van der Waals surface area contributed by atoms with Crippen LogP contribution in [-0.4, -0.2) is 44.6 Å². The van der Waals surface area contributed by atoms with Gasteiger partial charge in [-0.3, -0.25) is 4.79 Å². The van der Waals surface area contributed by atoms with E-state index in [-0.39, 0.29) is 13.3 Å². The highest BCUT2D eigenvalue weighted by Crippen LogP contribution is 2.36. The molecule has 0 spiro atoms. The zero-order chi connectivity index (χ0) is 17.8. The Morgan fingerprint density at radius 3 is 3.00 bits per heavy atom. The fraction of sp³-hybridized carbons (Fsp3) is 0.438. The van der Waals surface area contributed by atoms with E-state index in [1.54, 1.807) is 30.0 Å². The molecule has 2 heterocycles. The summed E-state index contributed by atoms with van der Waals surface area (Å²) in [5.74, 6) is 2.88. The Labute approximate surface area is 149 Å². The molecule has 1 aromatic carbocycles. The maximum atomic E-state index is 11.1. The molecule has 0 fully saturated rings. The minimum Gasteiger partial charge on any atom is -0.483 e. The van der Waals surface area contributed by atoms with Crippen LogP contribution in [0, 0.1) is 0 Å². The summed E-state index contributed by atoms with van der Waals surface area (Å²) in [4.78, 5) is 15.6. The lowest BCUT2D eigenvalue weighted by Crippen LogP contribution is -2.17. The minimum absolute atomic E-state index is 0.195. The Kier molecular flexibility index (Phi) is 5.32. The van der Waals surface area contributed by atoms with Crippen molar-refractivity contribution >= 4 is 17.7 Å². The summed E-state index contributed by atoms with van der Waals surface area (Å²) in [6.45, 7) is 1.75. The summed E-state index contributed by atoms with van der Waals surface area (Å²) in [7, 11) is 0. The number of ether oxygens (including phenoxy) is 3. The van der Waals surface area contributed by atoms with Crippen LogP contribution in [0.1, 0.15) is 24.7 Å². The molecule has 0 saturated heterocycles. The highest BCUT2D eigenvalue weighted by atomic mass is 32.2. The summed E-state index contributed by atoms with van der Waals surface area (Å²) in [6.07, 6.45) is 2.22. The first-order valence-corrected chi connectivity index (χ1v) is 9.17. The standard InChI is InChI=1S/C16H19N3O5S/c1-10(24-11-3-4-12-13(7-11)23-9-22-12)16-17-14(5-6-25-2)18-19(16)8-15(20)21/h3-4,7,10H,5-6,8-9H2,1-2H3,(H,20,21)/t10-/m0/s1. The summed E-state index contributed by atoms with van der Waals surface area (Å²) in [5.41, 5.74) is 0. The fourth-order valence-corrected chi connectivity index (χ4v) is 2.84. The van der Waals surface area contributed by atoms with Crippen LogP contribution in [0.3, 0.4) is 0 Å². The zero-order valence-electron chi connectivity index (χ0n) is 14.0. The van der Waals surface area contributed by atoms with Gasteiger partial charge in [-0.1, -0.05) is 0 Å². The molecule has 8 nitrogen and oxygen atoms in total. The van der Waals surface area contributed by atoms with E-state index >= 15 is 0 Å². The van der Waals surface area contributed by atoms with Crippen molar-refractivity contribution in [2.75, 3.05) is 18.8 Å². The Morgan fingerprint density at radius 1 is 1.44 bits per heavy atom. The van der Waals surface area contributed by atoms with Gasteiger partial charge in [-0.05, 0) is 25.3 Å². The topological polar surface area (TPSA) is 95.7 Å². The van der Waals surface area contributed by atoms with E-state index in [0.29, 0.717) is 35.3 Å². The third-order valence-corrected chi connectivity index (χ3v) is 4.19. The number of hydrogen-bond donors (Lipinski definition) is 1. The average molecular weight is 365 g/mol. The van der Waals surface area contributed by atoms with Gasteiger partial charge in [-0.2, -0.15) is 16.9 Å². The second kappa shape index (κ2) is 7.64. The number of carboxylic acids is 1. The smallest absolute Gasteiger partial charge is 0.325 e. The van der Waals surface area contributed by atoms with Crippen molar-refractivity contribution < 1.29 is 24.1 Å². The molecule has 0 amide bonds. The largest absolute Gasteiger partial charge is 0.483 e. The predicted molar refractivity (Wildman–Crippen MR) is 91.4 cm³/mol. The third-order valence-electron chi connectivity index (χ3n) is 3.58.